The standard InChI is InChI=1S/C30H36ClFN4O4S/c1-30(2,3)33-29(38)27(19-22-13-7-6-8-14-22)35(20-23-15-9-10-16-24(23)31)28(37)21-36(41(39,40)34(4)5)26-18-12-11-17-25(26)32/h6-18,27H,19-21H2,1-5H3,(H,33,38)/t27-/m1/s1. The molecule has 8 nitrogen and oxygen atoms in total. The summed E-state index contributed by atoms with van der Waals surface area (Å²) in [5.74, 6) is -1.94. The zero-order valence-electron chi connectivity index (χ0n) is 23.8. The number of amides is 2. The molecule has 0 aliphatic carbocycles. The van der Waals surface area contributed by atoms with Gasteiger partial charge in [0.15, 0.2) is 0 Å². The van der Waals surface area contributed by atoms with Crippen LogP contribution in [0.3, 0.4) is 0 Å². The number of nitrogens with zero attached hydrogens (tertiary/aromatic N) is 3. The van der Waals surface area contributed by atoms with Crippen molar-refractivity contribution < 1.29 is 22.4 Å². The molecule has 0 unspecified atom stereocenters. The van der Waals surface area contributed by atoms with Crippen LogP contribution in [0.25, 0.3) is 0 Å². The van der Waals surface area contributed by atoms with Gasteiger partial charge in [-0.25, -0.2) is 8.70 Å². The van der Waals surface area contributed by atoms with Gasteiger partial charge >= 0.3 is 10.2 Å². The Morgan fingerprint density at radius 2 is 1.51 bits per heavy atom. The highest BCUT2D eigenvalue weighted by atomic mass is 35.5. The van der Waals surface area contributed by atoms with Gasteiger partial charge in [0.2, 0.25) is 11.8 Å². The summed E-state index contributed by atoms with van der Waals surface area (Å²) < 4.78 is 43.2. The number of anilines is 1. The number of hydrogen-bond acceptors (Lipinski definition) is 4. The molecular weight excluding hydrogens is 567 g/mol. The van der Waals surface area contributed by atoms with Gasteiger partial charge in [0.1, 0.15) is 18.4 Å². The molecule has 0 fully saturated rings. The highest BCUT2D eigenvalue weighted by Crippen LogP contribution is 2.25. The Labute approximate surface area is 246 Å². The van der Waals surface area contributed by atoms with Gasteiger partial charge in [-0.2, -0.15) is 12.7 Å². The Balaban J connectivity index is 2.14. The maximum atomic E-state index is 14.9. The Kier molecular flexibility index (Phi) is 10.5. The lowest BCUT2D eigenvalue weighted by Crippen LogP contribution is -2.56. The highest BCUT2D eigenvalue weighted by molar-refractivity contribution is 7.90. The number of para-hydroxylation sites is 1. The van der Waals surface area contributed by atoms with Crippen LogP contribution in [0.5, 0.6) is 0 Å². The van der Waals surface area contributed by atoms with E-state index in [1.807, 2.05) is 51.1 Å². The first-order valence-corrected chi connectivity index (χ1v) is 14.8. The molecule has 220 valence electrons. The van der Waals surface area contributed by atoms with E-state index in [1.54, 1.807) is 24.3 Å². The minimum absolute atomic E-state index is 0.0826. The van der Waals surface area contributed by atoms with Crippen molar-refractivity contribution in [2.45, 2.75) is 45.3 Å². The van der Waals surface area contributed by atoms with Crippen molar-refractivity contribution in [3.63, 3.8) is 0 Å². The molecule has 0 spiro atoms. The minimum Gasteiger partial charge on any atom is -0.350 e. The second-order valence-electron chi connectivity index (χ2n) is 10.8. The number of carbonyl (C=O) groups is 2. The summed E-state index contributed by atoms with van der Waals surface area (Å²) in [6, 6.07) is 20.4. The lowest BCUT2D eigenvalue weighted by molar-refractivity contribution is -0.140. The first-order valence-electron chi connectivity index (χ1n) is 13.0. The van der Waals surface area contributed by atoms with Crippen LogP contribution in [0, 0.1) is 5.82 Å². The number of nitrogens with one attached hydrogen (secondary N) is 1. The smallest absolute Gasteiger partial charge is 0.304 e. The first kappa shape index (κ1) is 32.0. The van der Waals surface area contributed by atoms with Gasteiger partial charge in [-0.1, -0.05) is 72.3 Å². The van der Waals surface area contributed by atoms with Crippen molar-refractivity contribution in [1.29, 1.82) is 0 Å². The molecule has 0 radical (unpaired) electrons. The van der Waals surface area contributed by atoms with Gasteiger partial charge in [-0.3, -0.25) is 9.59 Å². The third-order valence-electron chi connectivity index (χ3n) is 6.21. The monoisotopic (exact) mass is 602 g/mol. The van der Waals surface area contributed by atoms with E-state index in [0.29, 0.717) is 14.9 Å². The van der Waals surface area contributed by atoms with Gasteiger partial charge in [-0.15, -0.1) is 0 Å². The third-order valence-corrected chi connectivity index (χ3v) is 8.38. The van der Waals surface area contributed by atoms with Gasteiger partial charge < -0.3 is 10.2 Å². The second kappa shape index (κ2) is 13.5. The van der Waals surface area contributed by atoms with E-state index in [4.69, 9.17) is 11.6 Å². The van der Waals surface area contributed by atoms with E-state index >= 15 is 0 Å². The van der Waals surface area contributed by atoms with Crippen LogP contribution in [0.15, 0.2) is 78.9 Å². The van der Waals surface area contributed by atoms with E-state index in [1.165, 1.54) is 37.2 Å². The van der Waals surface area contributed by atoms with Crippen LogP contribution >= 0.6 is 11.6 Å². The summed E-state index contributed by atoms with van der Waals surface area (Å²) in [4.78, 5) is 29.3. The van der Waals surface area contributed by atoms with Crippen molar-refractivity contribution in [3.05, 3.63) is 101 Å². The molecule has 0 bridgehead atoms. The average Bonchev–Trinajstić information content (AvgIpc) is 2.90. The molecule has 3 aromatic rings. The molecule has 0 saturated carbocycles. The molecule has 3 aromatic carbocycles. The second-order valence-corrected chi connectivity index (χ2v) is 13.3. The molecule has 0 aliphatic rings. The lowest BCUT2D eigenvalue weighted by Gasteiger charge is -2.36. The maximum Gasteiger partial charge on any atom is 0.304 e. The fourth-order valence-electron chi connectivity index (χ4n) is 4.17. The Bertz CT molecular complexity index is 1460. The summed E-state index contributed by atoms with van der Waals surface area (Å²) >= 11 is 6.46. The molecule has 0 heterocycles. The molecular formula is C30H36ClFN4O4S. The molecule has 41 heavy (non-hydrogen) atoms. The highest BCUT2D eigenvalue weighted by Gasteiger charge is 2.36. The third kappa shape index (κ3) is 8.51. The maximum absolute atomic E-state index is 14.9. The number of benzene rings is 3. The Hall–Kier alpha value is -3.47. The molecule has 1 atom stereocenters. The van der Waals surface area contributed by atoms with Crippen LogP contribution in [-0.2, 0) is 32.8 Å². The van der Waals surface area contributed by atoms with Crippen molar-refractivity contribution in [2.24, 2.45) is 0 Å². The average molecular weight is 603 g/mol. The van der Waals surface area contributed by atoms with Crippen molar-refractivity contribution in [2.75, 3.05) is 24.9 Å². The number of hydrogen-bond donors (Lipinski definition) is 1. The fraction of sp³-hybridized carbons (Fsp3) is 0.333. The quantitative estimate of drug-likeness (QED) is 0.346. The van der Waals surface area contributed by atoms with Gasteiger partial charge in [0.05, 0.1) is 5.69 Å². The van der Waals surface area contributed by atoms with Crippen LogP contribution in [0.1, 0.15) is 31.9 Å². The Morgan fingerprint density at radius 1 is 0.927 bits per heavy atom. The molecule has 0 aliphatic heterocycles. The van der Waals surface area contributed by atoms with Crippen molar-refractivity contribution in [1.82, 2.24) is 14.5 Å². The topological polar surface area (TPSA) is 90.0 Å². The largest absolute Gasteiger partial charge is 0.350 e. The van der Waals surface area contributed by atoms with Gasteiger partial charge in [0.25, 0.3) is 0 Å². The van der Waals surface area contributed by atoms with Gasteiger partial charge in [0, 0.05) is 37.6 Å². The molecule has 1 N–H and O–H groups in total. The lowest BCUT2D eigenvalue weighted by atomic mass is 10.0. The fourth-order valence-corrected chi connectivity index (χ4v) is 5.43. The molecule has 3 rings (SSSR count). The number of carbonyl (C=O) groups excluding carboxylic acids is 2. The summed E-state index contributed by atoms with van der Waals surface area (Å²) in [7, 11) is -1.71. The number of halogens is 2. The summed E-state index contributed by atoms with van der Waals surface area (Å²) in [6.45, 7) is 4.65. The SMILES string of the molecule is CN(C)S(=O)(=O)N(CC(=O)N(Cc1ccccc1Cl)[C@H](Cc1ccccc1)C(=O)NC(C)(C)C)c1ccccc1F. The molecule has 0 aromatic heterocycles. The number of rotatable bonds is 11. The zero-order valence-corrected chi connectivity index (χ0v) is 25.4. The van der Waals surface area contributed by atoms with Crippen LogP contribution < -0.4 is 9.62 Å². The molecule has 0 saturated heterocycles. The first-order chi connectivity index (χ1) is 19.2. The normalized spacial score (nSPS) is 12.6. The van der Waals surface area contributed by atoms with E-state index in [2.05, 4.69) is 5.32 Å². The molecule has 2 amide bonds. The van der Waals surface area contributed by atoms with Crippen LogP contribution in [0.2, 0.25) is 5.02 Å². The minimum atomic E-state index is -4.31. The predicted octanol–water partition coefficient (Wildman–Crippen LogP) is 4.65. The Morgan fingerprint density at radius 3 is 2.10 bits per heavy atom. The van der Waals surface area contributed by atoms with Crippen LogP contribution in [0.4, 0.5) is 10.1 Å². The van der Waals surface area contributed by atoms with Crippen molar-refractivity contribution in [3.8, 4) is 0 Å². The van der Waals surface area contributed by atoms with Crippen molar-refractivity contribution >= 4 is 39.3 Å². The van der Waals surface area contributed by atoms with Gasteiger partial charge in [-0.05, 0) is 50.1 Å². The summed E-state index contributed by atoms with van der Waals surface area (Å²) in [5.41, 5.74) is 0.465. The van der Waals surface area contributed by atoms with E-state index in [0.717, 1.165) is 15.9 Å². The zero-order chi connectivity index (χ0) is 30.4. The van der Waals surface area contributed by atoms with E-state index in [-0.39, 0.29) is 18.7 Å². The van der Waals surface area contributed by atoms with E-state index < -0.39 is 46.0 Å². The van der Waals surface area contributed by atoms with Crippen LogP contribution in [-0.4, -0.2) is 61.7 Å². The predicted molar refractivity (Wildman–Crippen MR) is 160 cm³/mol. The van der Waals surface area contributed by atoms with E-state index in [9.17, 15) is 22.4 Å². The summed E-state index contributed by atoms with van der Waals surface area (Å²) in [6.07, 6.45) is 0.152. The summed E-state index contributed by atoms with van der Waals surface area (Å²) in [5, 5.41) is 3.33. The molecule has 11 heteroatoms.